The first-order chi connectivity index (χ1) is 16.5. The second-order valence-corrected chi connectivity index (χ2v) is 10.9. The van der Waals surface area contributed by atoms with E-state index in [0.29, 0.717) is 12.6 Å². The number of benzene rings is 2. The molecule has 2 heterocycles. The molecule has 0 aromatic heterocycles. The maximum Gasteiger partial charge on any atom is 0.166 e. The summed E-state index contributed by atoms with van der Waals surface area (Å²) in [5, 5.41) is 0. The van der Waals surface area contributed by atoms with Gasteiger partial charge in [0.2, 0.25) is 0 Å². The van der Waals surface area contributed by atoms with Crippen molar-refractivity contribution in [3.05, 3.63) is 71.3 Å². The van der Waals surface area contributed by atoms with Crippen LogP contribution in [-0.2, 0) is 28.0 Å². The normalized spacial score (nSPS) is 38.4. The highest BCUT2D eigenvalue weighted by molar-refractivity contribution is 5.82. The van der Waals surface area contributed by atoms with Crippen molar-refractivity contribution in [1.29, 1.82) is 0 Å². The second-order valence-electron chi connectivity index (χ2n) is 10.9. The Morgan fingerprint density at radius 1 is 1.18 bits per heavy atom. The van der Waals surface area contributed by atoms with Gasteiger partial charge in [-0.2, -0.15) is 0 Å². The summed E-state index contributed by atoms with van der Waals surface area (Å²) >= 11 is 0. The minimum absolute atomic E-state index is 0.141. The highest BCUT2D eigenvalue weighted by atomic mass is 16.6. The quantitative estimate of drug-likeness (QED) is 0.634. The van der Waals surface area contributed by atoms with Gasteiger partial charge in [-0.1, -0.05) is 48.6 Å². The van der Waals surface area contributed by atoms with Gasteiger partial charge in [-0.15, -0.1) is 0 Å². The van der Waals surface area contributed by atoms with Crippen LogP contribution in [0.3, 0.4) is 0 Å². The number of fused-ring (bicyclic) bond motifs is 1. The highest BCUT2D eigenvalue weighted by Gasteiger charge is 2.79. The molecule has 4 bridgehead atoms. The molecule has 2 spiro atoms. The summed E-state index contributed by atoms with van der Waals surface area (Å²) in [6.45, 7) is 3.22. The fraction of sp³-hybridized carbons (Fsp3) is 0.483. The van der Waals surface area contributed by atoms with E-state index in [0.717, 1.165) is 42.9 Å². The van der Waals surface area contributed by atoms with E-state index in [1.807, 2.05) is 18.2 Å². The molecular weight excluding hydrogens is 426 g/mol. The lowest BCUT2D eigenvalue weighted by molar-refractivity contribution is -0.212. The summed E-state index contributed by atoms with van der Waals surface area (Å²) < 4.78 is 19.6. The zero-order valence-corrected chi connectivity index (χ0v) is 20.0. The number of ether oxygens (including phenoxy) is 3. The number of likely N-dealkylation sites (N-methyl/N-ethyl adjacent to an activating group) is 1. The first kappa shape index (κ1) is 20.7. The van der Waals surface area contributed by atoms with Crippen molar-refractivity contribution in [3.8, 4) is 11.5 Å². The number of piperidine rings is 1. The predicted octanol–water partition coefficient (Wildman–Crippen LogP) is 4.07. The molecular formula is C29H31NO4. The van der Waals surface area contributed by atoms with E-state index < -0.39 is 5.60 Å². The molecule has 2 aromatic carbocycles. The van der Waals surface area contributed by atoms with E-state index in [1.165, 1.54) is 11.1 Å². The van der Waals surface area contributed by atoms with Crippen molar-refractivity contribution in [1.82, 2.24) is 4.90 Å². The van der Waals surface area contributed by atoms with Crippen molar-refractivity contribution in [3.63, 3.8) is 0 Å². The molecule has 5 nitrogen and oxygen atoms in total. The van der Waals surface area contributed by atoms with E-state index in [-0.39, 0.29) is 28.6 Å². The van der Waals surface area contributed by atoms with Crippen LogP contribution in [0.4, 0.5) is 0 Å². The number of hydrogen-bond acceptors (Lipinski definition) is 5. The Bertz CT molecular complexity index is 1220. The van der Waals surface area contributed by atoms with Crippen LogP contribution < -0.4 is 9.47 Å². The lowest BCUT2D eigenvalue weighted by Gasteiger charge is -2.70. The molecule has 34 heavy (non-hydrogen) atoms. The van der Waals surface area contributed by atoms with Gasteiger partial charge in [-0.05, 0) is 57.0 Å². The molecule has 8 rings (SSSR count). The maximum atomic E-state index is 13.0. The lowest BCUT2D eigenvalue weighted by atomic mass is 9.37. The average Bonchev–Trinajstić information content (AvgIpc) is 3.23. The minimum Gasteiger partial charge on any atom is -0.485 e. The number of Topliss-reactive ketones (excluding diaryl/α,β-unsaturated/α-hetero) is 1. The minimum atomic E-state index is -0.752. The van der Waals surface area contributed by atoms with Crippen LogP contribution in [0.15, 0.2) is 54.6 Å². The summed E-state index contributed by atoms with van der Waals surface area (Å²) in [6.07, 6.45) is 7.13. The topological polar surface area (TPSA) is 48.0 Å². The van der Waals surface area contributed by atoms with Crippen LogP contribution in [0.1, 0.15) is 36.5 Å². The van der Waals surface area contributed by atoms with Crippen LogP contribution in [0, 0.1) is 11.3 Å². The number of likely N-dealkylation sites (tertiary alicyclic amines) is 1. The largest absolute Gasteiger partial charge is 0.485 e. The van der Waals surface area contributed by atoms with Crippen molar-refractivity contribution in [2.45, 2.75) is 56.0 Å². The van der Waals surface area contributed by atoms with Crippen LogP contribution in [0.2, 0.25) is 0 Å². The summed E-state index contributed by atoms with van der Waals surface area (Å²) in [4.78, 5) is 15.5. The molecule has 0 N–H and O–H groups in total. The fourth-order valence-corrected chi connectivity index (χ4v) is 8.35. The van der Waals surface area contributed by atoms with Gasteiger partial charge in [0.25, 0.3) is 0 Å². The van der Waals surface area contributed by atoms with E-state index in [2.05, 4.69) is 48.4 Å². The molecule has 0 amide bonds. The molecule has 176 valence electrons. The van der Waals surface area contributed by atoms with Crippen molar-refractivity contribution in [2.24, 2.45) is 11.3 Å². The number of methoxy groups -OCH3 is 1. The van der Waals surface area contributed by atoms with E-state index in [4.69, 9.17) is 14.2 Å². The molecule has 2 aromatic rings. The van der Waals surface area contributed by atoms with Gasteiger partial charge in [-0.25, -0.2) is 0 Å². The van der Waals surface area contributed by atoms with Crippen LogP contribution >= 0.6 is 0 Å². The van der Waals surface area contributed by atoms with Gasteiger partial charge in [0.1, 0.15) is 24.1 Å². The monoisotopic (exact) mass is 457 g/mol. The smallest absolute Gasteiger partial charge is 0.166 e. The molecule has 0 radical (unpaired) electrons. The second kappa shape index (κ2) is 6.73. The predicted molar refractivity (Wildman–Crippen MR) is 128 cm³/mol. The van der Waals surface area contributed by atoms with Gasteiger partial charge < -0.3 is 19.1 Å². The van der Waals surface area contributed by atoms with Gasteiger partial charge in [0.05, 0.1) is 11.3 Å². The Balaban J connectivity index is 1.42. The molecule has 1 saturated heterocycles. The number of nitrogens with zero attached hydrogens (tertiary/aromatic N) is 1. The third-order valence-corrected chi connectivity index (χ3v) is 9.79. The number of carbonyl (C=O) groups excluding carboxylic acids is 1. The van der Waals surface area contributed by atoms with Crippen LogP contribution in [0.5, 0.6) is 11.5 Å². The molecule has 5 heteroatoms. The molecule has 4 aliphatic carbocycles. The maximum absolute atomic E-state index is 13.0. The zero-order chi connectivity index (χ0) is 23.3. The van der Waals surface area contributed by atoms with Crippen LogP contribution in [0.25, 0.3) is 0 Å². The van der Waals surface area contributed by atoms with Crippen molar-refractivity contribution >= 4 is 5.78 Å². The molecule has 6 aliphatic rings. The highest BCUT2D eigenvalue weighted by Crippen LogP contribution is 2.74. The Morgan fingerprint density at radius 3 is 2.76 bits per heavy atom. The Hall–Kier alpha value is -2.63. The number of carbonyl (C=O) groups is 1. The van der Waals surface area contributed by atoms with Gasteiger partial charge >= 0.3 is 0 Å². The zero-order valence-electron chi connectivity index (χ0n) is 20.0. The lowest BCUT2D eigenvalue weighted by Crippen LogP contribution is -2.79. The average molecular weight is 458 g/mol. The number of ketones is 1. The third kappa shape index (κ3) is 2.21. The Labute approximate surface area is 200 Å². The molecule has 1 unspecified atom stereocenters. The third-order valence-electron chi connectivity index (χ3n) is 9.79. The van der Waals surface area contributed by atoms with E-state index >= 15 is 0 Å². The molecule has 2 fully saturated rings. The number of rotatable bonds is 5. The first-order valence-electron chi connectivity index (χ1n) is 12.4. The van der Waals surface area contributed by atoms with Gasteiger partial charge in [-0.3, -0.25) is 4.79 Å². The van der Waals surface area contributed by atoms with E-state index in [1.54, 1.807) is 14.0 Å². The standard InChI is InChI=1S/C29H31NO4/c1-18(31)21-16-27-11-12-29(21,32-3)26-28(27)13-14-30(2)23(27)15-20-9-10-22(25(34-26)24(20)28)33-17-19-7-5-4-6-8-19/h4-12,21,23,26H,13-17H2,1-3H3/t21-,23+,26+,27-,28-,29?/m0/s1. The summed E-state index contributed by atoms with van der Waals surface area (Å²) in [5.41, 5.74) is 2.72. The summed E-state index contributed by atoms with van der Waals surface area (Å²) in [7, 11) is 3.98. The molecule has 2 aliphatic heterocycles. The van der Waals surface area contributed by atoms with Crippen molar-refractivity contribution < 1.29 is 19.0 Å². The van der Waals surface area contributed by atoms with Crippen molar-refractivity contribution in [2.75, 3.05) is 20.7 Å². The van der Waals surface area contributed by atoms with Crippen LogP contribution in [-0.4, -0.2) is 49.1 Å². The van der Waals surface area contributed by atoms with Gasteiger partial charge in [0.15, 0.2) is 11.5 Å². The molecule has 1 saturated carbocycles. The van der Waals surface area contributed by atoms with E-state index in [9.17, 15) is 4.79 Å². The van der Waals surface area contributed by atoms with Gasteiger partial charge in [0, 0.05) is 24.1 Å². The number of hydrogen-bond donors (Lipinski definition) is 0. The SMILES string of the molecule is COC12C=C[C@]3(C[C@H]1C(C)=O)[C@H]1Cc4ccc(OCc5ccccc5)c5c4[C@@]3(CCN1C)[C@H]2O5. The first-order valence-corrected chi connectivity index (χ1v) is 12.4. The Morgan fingerprint density at radius 2 is 2.00 bits per heavy atom. The summed E-state index contributed by atoms with van der Waals surface area (Å²) in [6, 6.07) is 14.9. The molecule has 6 atom stereocenters. The fourth-order valence-electron chi connectivity index (χ4n) is 8.35. The Kier molecular flexibility index (Phi) is 4.10. The summed E-state index contributed by atoms with van der Waals surface area (Å²) in [5.74, 6) is 1.65.